The van der Waals surface area contributed by atoms with Crippen LogP contribution in [0.5, 0.6) is 11.5 Å². The third-order valence-electron chi connectivity index (χ3n) is 4.37. The highest BCUT2D eigenvalue weighted by Gasteiger charge is 2.21. The monoisotopic (exact) mass is 429 g/mol. The standard InChI is InChI=1S/C19H19N5O5S/c1-11(17(25)21-12-5-6-13-15(8-12)29-10-28-13)30-19-23-22-16(24(19)2)9-20-18(26)14-4-3-7-27-14/h3-8,11H,9-10H2,1-2H3,(H,20,26)(H,21,25)/t11-/m0/s1. The number of nitrogens with zero attached hydrogens (tertiary/aromatic N) is 3. The third kappa shape index (κ3) is 4.25. The van der Waals surface area contributed by atoms with Crippen LogP contribution in [0.2, 0.25) is 0 Å². The molecule has 0 saturated carbocycles. The summed E-state index contributed by atoms with van der Waals surface area (Å²) in [5.41, 5.74) is 0.621. The molecule has 1 aliphatic rings. The van der Waals surface area contributed by atoms with Crippen LogP contribution in [0.15, 0.2) is 46.2 Å². The number of hydrogen-bond donors (Lipinski definition) is 2. The molecule has 0 aliphatic carbocycles. The third-order valence-corrected chi connectivity index (χ3v) is 5.50. The van der Waals surface area contributed by atoms with Gasteiger partial charge in [-0.1, -0.05) is 11.8 Å². The summed E-state index contributed by atoms with van der Waals surface area (Å²) in [6.45, 7) is 2.14. The highest BCUT2D eigenvalue weighted by Crippen LogP contribution is 2.34. The molecule has 1 atom stereocenters. The number of carbonyl (C=O) groups is 2. The van der Waals surface area contributed by atoms with E-state index in [1.165, 1.54) is 18.0 Å². The number of carbonyl (C=O) groups excluding carboxylic acids is 2. The molecule has 0 unspecified atom stereocenters. The molecule has 3 aromatic rings. The predicted molar refractivity (Wildman–Crippen MR) is 107 cm³/mol. The second-order valence-corrected chi connectivity index (χ2v) is 7.74. The van der Waals surface area contributed by atoms with E-state index in [1.807, 2.05) is 0 Å². The highest BCUT2D eigenvalue weighted by atomic mass is 32.2. The quantitative estimate of drug-likeness (QED) is 0.549. The summed E-state index contributed by atoms with van der Waals surface area (Å²) < 4.78 is 17.4. The molecular weight excluding hydrogens is 410 g/mol. The Morgan fingerprint density at radius 3 is 2.87 bits per heavy atom. The summed E-state index contributed by atoms with van der Waals surface area (Å²) in [6, 6.07) is 8.45. The Morgan fingerprint density at radius 1 is 1.23 bits per heavy atom. The fourth-order valence-corrected chi connectivity index (χ4v) is 3.52. The van der Waals surface area contributed by atoms with Crippen molar-refractivity contribution in [1.29, 1.82) is 0 Å². The van der Waals surface area contributed by atoms with Crippen LogP contribution in [0.1, 0.15) is 23.3 Å². The molecule has 0 saturated heterocycles. The molecule has 2 amide bonds. The minimum atomic E-state index is -0.427. The zero-order valence-corrected chi connectivity index (χ0v) is 17.1. The largest absolute Gasteiger partial charge is 0.459 e. The first-order valence-electron chi connectivity index (χ1n) is 9.08. The van der Waals surface area contributed by atoms with E-state index >= 15 is 0 Å². The summed E-state index contributed by atoms with van der Waals surface area (Å²) in [4.78, 5) is 24.5. The maximum atomic E-state index is 12.6. The molecule has 11 heteroatoms. The van der Waals surface area contributed by atoms with Crippen molar-refractivity contribution in [2.45, 2.75) is 23.9 Å². The molecule has 10 nitrogen and oxygen atoms in total. The lowest BCUT2D eigenvalue weighted by molar-refractivity contribution is -0.115. The van der Waals surface area contributed by atoms with Crippen LogP contribution in [-0.2, 0) is 18.4 Å². The van der Waals surface area contributed by atoms with Crippen LogP contribution in [0.25, 0.3) is 0 Å². The Labute approximate surface area is 175 Å². The van der Waals surface area contributed by atoms with Crippen molar-refractivity contribution in [3.05, 3.63) is 48.2 Å². The number of ether oxygens (including phenoxy) is 2. The summed E-state index contributed by atoms with van der Waals surface area (Å²) in [7, 11) is 1.78. The van der Waals surface area contributed by atoms with Gasteiger partial charge in [0.2, 0.25) is 12.7 Å². The zero-order chi connectivity index (χ0) is 21.1. The molecule has 0 fully saturated rings. The number of nitrogens with one attached hydrogen (secondary N) is 2. The van der Waals surface area contributed by atoms with Gasteiger partial charge in [-0.2, -0.15) is 0 Å². The number of furan rings is 1. The fraction of sp³-hybridized carbons (Fsp3) is 0.263. The predicted octanol–water partition coefficient (Wildman–Crippen LogP) is 2.19. The van der Waals surface area contributed by atoms with Gasteiger partial charge in [0, 0.05) is 18.8 Å². The first kappa shape index (κ1) is 19.8. The van der Waals surface area contributed by atoms with E-state index in [9.17, 15) is 9.59 Å². The SMILES string of the molecule is C[C@H](Sc1nnc(CNC(=O)c2ccco2)n1C)C(=O)Nc1ccc2c(c1)OCO2. The minimum absolute atomic E-state index is 0.176. The number of thioether (sulfide) groups is 1. The molecule has 0 radical (unpaired) electrons. The van der Waals surface area contributed by atoms with Gasteiger partial charge in [-0.3, -0.25) is 9.59 Å². The molecule has 30 heavy (non-hydrogen) atoms. The molecule has 0 spiro atoms. The lowest BCUT2D eigenvalue weighted by Gasteiger charge is -2.12. The van der Waals surface area contributed by atoms with E-state index in [2.05, 4.69) is 20.8 Å². The fourth-order valence-electron chi connectivity index (χ4n) is 2.69. The van der Waals surface area contributed by atoms with Crippen LogP contribution < -0.4 is 20.1 Å². The first-order valence-corrected chi connectivity index (χ1v) is 9.96. The Balaban J connectivity index is 1.33. The normalized spacial score (nSPS) is 13.1. The van der Waals surface area contributed by atoms with Crippen LogP contribution in [0.3, 0.4) is 0 Å². The van der Waals surface area contributed by atoms with Crippen LogP contribution >= 0.6 is 11.8 Å². The van der Waals surface area contributed by atoms with E-state index in [0.717, 1.165) is 0 Å². The van der Waals surface area contributed by atoms with E-state index in [4.69, 9.17) is 13.9 Å². The van der Waals surface area contributed by atoms with Gasteiger partial charge in [-0.15, -0.1) is 10.2 Å². The summed E-state index contributed by atoms with van der Waals surface area (Å²) >= 11 is 1.27. The highest BCUT2D eigenvalue weighted by molar-refractivity contribution is 8.00. The van der Waals surface area contributed by atoms with Crippen LogP contribution in [-0.4, -0.2) is 38.6 Å². The van der Waals surface area contributed by atoms with E-state index in [0.29, 0.717) is 28.2 Å². The number of amides is 2. The molecule has 0 bridgehead atoms. The van der Waals surface area contributed by atoms with Gasteiger partial charge in [0.1, 0.15) is 0 Å². The van der Waals surface area contributed by atoms with Crippen molar-refractivity contribution in [2.24, 2.45) is 7.05 Å². The number of aromatic nitrogens is 3. The molecular formula is C19H19N5O5S. The van der Waals surface area contributed by atoms with Crippen LogP contribution in [0, 0.1) is 0 Å². The Kier molecular flexibility index (Phi) is 5.61. The lowest BCUT2D eigenvalue weighted by atomic mass is 10.2. The van der Waals surface area contributed by atoms with Crippen molar-refractivity contribution in [3.63, 3.8) is 0 Å². The number of benzene rings is 1. The van der Waals surface area contributed by atoms with Gasteiger partial charge < -0.3 is 29.1 Å². The smallest absolute Gasteiger partial charge is 0.287 e. The number of rotatable bonds is 7. The molecule has 1 aliphatic heterocycles. The van der Waals surface area contributed by atoms with Crippen molar-refractivity contribution in [3.8, 4) is 11.5 Å². The number of hydrogen-bond acceptors (Lipinski definition) is 8. The van der Waals surface area contributed by atoms with Gasteiger partial charge in [0.15, 0.2) is 28.2 Å². The van der Waals surface area contributed by atoms with Gasteiger partial charge in [-0.05, 0) is 31.2 Å². The number of anilines is 1. The summed E-state index contributed by atoms with van der Waals surface area (Å²) in [6.07, 6.45) is 1.43. The first-order chi connectivity index (χ1) is 14.5. The Hall–Kier alpha value is -3.47. The molecule has 2 aromatic heterocycles. The topological polar surface area (TPSA) is 121 Å². The van der Waals surface area contributed by atoms with E-state index in [-0.39, 0.29) is 30.9 Å². The van der Waals surface area contributed by atoms with Crippen molar-refractivity contribution >= 4 is 29.3 Å². The van der Waals surface area contributed by atoms with E-state index < -0.39 is 5.25 Å². The molecule has 1 aromatic carbocycles. The summed E-state index contributed by atoms with van der Waals surface area (Å²) in [5.74, 6) is 1.51. The van der Waals surface area contributed by atoms with Gasteiger partial charge >= 0.3 is 0 Å². The molecule has 3 heterocycles. The molecule has 4 rings (SSSR count). The van der Waals surface area contributed by atoms with Crippen molar-refractivity contribution < 1.29 is 23.5 Å². The summed E-state index contributed by atoms with van der Waals surface area (Å²) in [5, 5.41) is 13.9. The number of fused-ring (bicyclic) bond motifs is 1. The maximum absolute atomic E-state index is 12.6. The van der Waals surface area contributed by atoms with Crippen LogP contribution in [0.4, 0.5) is 5.69 Å². The average molecular weight is 429 g/mol. The van der Waals surface area contributed by atoms with Crippen molar-refractivity contribution in [1.82, 2.24) is 20.1 Å². The second-order valence-electron chi connectivity index (χ2n) is 6.44. The van der Waals surface area contributed by atoms with Gasteiger partial charge in [-0.25, -0.2) is 0 Å². The Bertz CT molecular complexity index is 1070. The zero-order valence-electron chi connectivity index (χ0n) is 16.2. The lowest BCUT2D eigenvalue weighted by Crippen LogP contribution is -2.24. The Morgan fingerprint density at radius 2 is 2.07 bits per heavy atom. The molecule has 2 N–H and O–H groups in total. The average Bonchev–Trinajstić information content (AvgIpc) is 3.48. The second kappa shape index (κ2) is 8.49. The van der Waals surface area contributed by atoms with Gasteiger partial charge in [0.05, 0.1) is 18.1 Å². The minimum Gasteiger partial charge on any atom is -0.459 e. The maximum Gasteiger partial charge on any atom is 0.287 e. The van der Waals surface area contributed by atoms with Gasteiger partial charge in [0.25, 0.3) is 5.91 Å². The van der Waals surface area contributed by atoms with E-state index in [1.54, 1.807) is 48.9 Å². The van der Waals surface area contributed by atoms with Crippen molar-refractivity contribution in [2.75, 3.05) is 12.1 Å². The molecule has 156 valence electrons.